The maximum atomic E-state index is 12.9. The minimum absolute atomic E-state index is 0.194. The van der Waals surface area contributed by atoms with Crippen molar-refractivity contribution in [2.45, 2.75) is 13.0 Å². The smallest absolute Gasteiger partial charge is 0.226 e. The highest BCUT2D eigenvalue weighted by atomic mass is 32.1. The minimum Gasteiger partial charge on any atom is -0.497 e. The number of hydrogen-bond donors (Lipinski definition) is 2. The lowest BCUT2D eigenvalue weighted by Gasteiger charge is -2.08. The van der Waals surface area contributed by atoms with E-state index >= 15 is 0 Å². The van der Waals surface area contributed by atoms with Gasteiger partial charge in [0.15, 0.2) is 10.6 Å². The topological polar surface area (TPSA) is 71.9 Å². The van der Waals surface area contributed by atoms with Gasteiger partial charge in [0.05, 0.1) is 7.11 Å². The molecule has 1 aromatic heterocycles. The maximum Gasteiger partial charge on any atom is 0.226 e. The molecule has 0 saturated carbocycles. The van der Waals surface area contributed by atoms with Crippen molar-refractivity contribution in [1.29, 1.82) is 0 Å². The molecule has 0 bridgehead atoms. The van der Waals surface area contributed by atoms with Crippen LogP contribution in [0.3, 0.4) is 0 Å². The van der Waals surface area contributed by atoms with Gasteiger partial charge >= 0.3 is 0 Å². The normalized spacial score (nSPS) is 10.5. The fourth-order valence-corrected chi connectivity index (χ4v) is 2.68. The third-order valence-corrected chi connectivity index (χ3v) is 4.11. The summed E-state index contributed by atoms with van der Waals surface area (Å²) in [5.74, 6) is 0.845. The summed E-state index contributed by atoms with van der Waals surface area (Å²) in [7, 11) is 1.60. The number of amides is 1. The molecule has 2 N–H and O–H groups in total. The van der Waals surface area contributed by atoms with Crippen LogP contribution in [0.25, 0.3) is 11.4 Å². The van der Waals surface area contributed by atoms with E-state index in [4.69, 9.17) is 17.0 Å². The summed E-state index contributed by atoms with van der Waals surface area (Å²) in [5.41, 5.74) is 1.40. The van der Waals surface area contributed by atoms with Gasteiger partial charge in [-0.05, 0) is 60.7 Å². The molecular weight excluding hydrogens is 355 g/mol. The van der Waals surface area contributed by atoms with Crippen molar-refractivity contribution in [3.8, 4) is 17.1 Å². The molecule has 0 aliphatic rings. The zero-order valence-electron chi connectivity index (χ0n) is 14.0. The average molecular weight is 372 g/mol. The van der Waals surface area contributed by atoms with Gasteiger partial charge in [0.2, 0.25) is 5.91 Å². The number of hydrogen-bond acceptors (Lipinski definition) is 4. The van der Waals surface area contributed by atoms with E-state index in [1.165, 1.54) is 24.3 Å². The van der Waals surface area contributed by atoms with Gasteiger partial charge in [-0.3, -0.25) is 14.5 Å². The molecular formula is C18H17FN4O2S. The number of anilines is 1. The number of carbonyl (C=O) groups is 1. The van der Waals surface area contributed by atoms with Crippen LogP contribution in [0.2, 0.25) is 0 Å². The lowest BCUT2D eigenvalue weighted by atomic mass is 10.2. The van der Waals surface area contributed by atoms with Crippen LogP contribution in [0.1, 0.15) is 6.42 Å². The fourth-order valence-electron chi connectivity index (χ4n) is 2.46. The minimum atomic E-state index is -0.350. The van der Waals surface area contributed by atoms with Crippen LogP contribution in [0.15, 0.2) is 48.5 Å². The van der Waals surface area contributed by atoms with E-state index in [9.17, 15) is 9.18 Å². The predicted molar refractivity (Wildman–Crippen MR) is 99.0 cm³/mol. The Morgan fingerprint density at radius 2 is 1.92 bits per heavy atom. The Morgan fingerprint density at radius 1 is 1.23 bits per heavy atom. The Kier molecular flexibility index (Phi) is 5.43. The predicted octanol–water partition coefficient (Wildman–Crippen LogP) is 3.78. The number of carbonyl (C=O) groups excluding carboxylic acids is 1. The van der Waals surface area contributed by atoms with E-state index in [0.717, 1.165) is 11.3 Å². The first kappa shape index (κ1) is 17.8. The number of halogens is 1. The SMILES string of the molecule is COc1ccc(-c2n[nH]c(=S)n2CCC(=O)Nc2ccc(F)cc2)cc1. The second-order valence-corrected chi connectivity index (χ2v) is 5.92. The molecule has 0 radical (unpaired) electrons. The lowest BCUT2D eigenvalue weighted by molar-refractivity contribution is -0.116. The summed E-state index contributed by atoms with van der Waals surface area (Å²) in [6, 6.07) is 13.0. The Bertz CT molecular complexity index is 949. The monoisotopic (exact) mass is 372 g/mol. The molecule has 0 saturated heterocycles. The second kappa shape index (κ2) is 7.92. The van der Waals surface area contributed by atoms with Gasteiger partial charge in [-0.25, -0.2) is 4.39 Å². The molecule has 0 fully saturated rings. The molecule has 134 valence electrons. The third kappa shape index (κ3) is 4.15. The molecule has 0 spiro atoms. The van der Waals surface area contributed by atoms with Gasteiger partial charge in [0.1, 0.15) is 11.6 Å². The molecule has 26 heavy (non-hydrogen) atoms. The van der Waals surface area contributed by atoms with Crippen molar-refractivity contribution in [1.82, 2.24) is 14.8 Å². The molecule has 1 amide bonds. The second-order valence-electron chi connectivity index (χ2n) is 5.54. The van der Waals surface area contributed by atoms with E-state index in [-0.39, 0.29) is 18.1 Å². The first-order chi connectivity index (χ1) is 12.6. The van der Waals surface area contributed by atoms with Crippen LogP contribution < -0.4 is 10.1 Å². The molecule has 0 atom stereocenters. The standard InChI is InChI=1S/C18H17FN4O2S/c1-25-15-8-2-12(3-9-15)17-21-22-18(26)23(17)11-10-16(24)20-14-6-4-13(19)5-7-14/h2-9H,10-11H2,1H3,(H,20,24)(H,22,26). The number of H-pyrrole nitrogens is 1. The van der Waals surface area contributed by atoms with Gasteiger partial charge in [0, 0.05) is 24.2 Å². The average Bonchev–Trinajstić information content (AvgIpc) is 3.02. The highest BCUT2D eigenvalue weighted by molar-refractivity contribution is 7.71. The van der Waals surface area contributed by atoms with Gasteiger partial charge in [-0.2, -0.15) is 5.10 Å². The van der Waals surface area contributed by atoms with Crippen molar-refractivity contribution in [3.63, 3.8) is 0 Å². The molecule has 0 unspecified atom stereocenters. The number of nitrogens with one attached hydrogen (secondary N) is 2. The van der Waals surface area contributed by atoms with Crippen LogP contribution in [-0.2, 0) is 11.3 Å². The third-order valence-electron chi connectivity index (χ3n) is 3.80. The molecule has 8 heteroatoms. The summed E-state index contributed by atoms with van der Waals surface area (Å²) >= 11 is 5.26. The van der Waals surface area contributed by atoms with Crippen LogP contribution >= 0.6 is 12.2 Å². The number of nitrogens with zero attached hydrogens (tertiary/aromatic N) is 2. The van der Waals surface area contributed by atoms with Crippen molar-refractivity contribution in [2.75, 3.05) is 12.4 Å². The molecule has 1 heterocycles. The fraction of sp³-hybridized carbons (Fsp3) is 0.167. The maximum absolute atomic E-state index is 12.9. The van der Waals surface area contributed by atoms with Crippen molar-refractivity contribution in [3.05, 3.63) is 59.1 Å². The summed E-state index contributed by atoms with van der Waals surface area (Å²) < 4.78 is 20.3. The molecule has 6 nitrogen and oxygen atoms in total. The molecule has 3 aromatic rings. The molecule has 0 aliphatic heterocycles. The number of aromatic nitrogens is 3. The lowest BCUT2D eigenvalue weighted by Crippen LogP contribution is -2.15. The van der Waals surface area contributed by atoms with Crippen LogP contribution in [0, 0.1) is 10.6 Å². The van der Waals surface area contributed by atoms with Gasteiger partial charge in [-0.1, -0.05) is 0 Å². The number of benzene rings is 2. The van der Waals surface area contributed by atoms with Gasteiger partial charge in [0.25, 0.3) is 0 Å². The van der Waals surface area contributed by atoms with E-state index < -0.39 is 0 Å². The van der Waals surface area contributed by atoms with E-state index in [1.807, 2.05) is 24.3 Å². The van der Waals surface area contributed by atoms with Crippen LogP contribution in [0.5, 0.6) is 5.75 Å². The van der Waals surface area contributed by atoms with Crippen molar-refractivity contribution in [2.24, 2.45) is 0 Å². The number of ether oxygens (including phenoxy) is 1. The summed E-state index contributed by atoms with van der Waals surface area (Å²) in [6.07, 6.45) is 0.203. The Balaban J connectivity index is 1.69. The highest BCUT2D eigenvalue weighted by Crippen LogP contribution is 2.21. The van der Waals surface area contributed by atoms with Crippen molar-refractivity contribution < 1.29 is 13.9 Å². The quantitative estimate of drug-likeness (QED) is 0.646. The number of aromatic amines is 1. The first-order valence-corrected chi connectivity index (χ1v) is 8.32. The Hall–Kier alpha value is -3.00. The zero-order valence-corrected chi connectivity index (χ0v) is 14.8. The zero-order chi connectivity index (χ0) is 18.5. The highest BCUT2D eigenvalue weighted by Gasteiger charge is 2.11. The Morgan fingerprint density at radius 3 is 2.58 bits per heavy atom. The molecule has 0 aliphatic carbocycles. The molecule has 2 aromatic carbocycles. The summed E-state index contributed by atoms with van der Waals surface area (Å²) in [5, 5.41) is 9.73. The summed E-state index contributed by atoms with van der Waals surface area (Å²) in [6.45, 7) is 0.365. The van der Waals surface area contributed by atoms with Crippen LogP contribution in [-0.4, -0.2) is 27.8 Å². The molecule has 3 rings (SSSR count). The van der Waals surface area contributed by atoms with Crippen LogP contribution in [0.4, 0.5) is 10.1 Å². The van der Waals surface area contributed by atoms with E-state index in [2.05, 4.69) is 15.5 Å². The van der Waals surface area contributed by atoms with E-state index in [0.29, 0.717) is 22.8 Å². The largest absolute Gasteiger partial charge is 0.497 e. The van der Waals surface area contributed by atoms with Crippen molar-refractivity contribution >= 4 is 23.8 Å². The number of methoxy groups -OCH3 is 1. The first-order valence-electron chi connectivity index (χ1n) is 7.92. The van der Waals surface area contributed by atoms with Gasteiger partial charge < -0.3 is 10.1 Å². The number of rotatable bonds is 6. The van der Waals surface area contributed by atoms with Gasteiger partial charge in [-0.15, -0.1) is 0 Å². The summed E-state index contributed by atoms with van der Waals surface area (Å²) in [4.78, 5) is 12.1. The Labute approximate surface area is 154 Å². The van der Waals surface area contributed by atoms with E-state index in [1.54, 1.807) is 11.7 Å².